The molecule has 2 aliphatic rings. The average Bonchev–Trinajstić information content (AvgIpc) is 3.14. The minimum absolute atomic E-state index is 0.0459. The monoisotopic (exact) mass is 343 g/mol. The van der Waals surface area contributed by atoms with Gasteiger partial charge in [0, 0.05) is 44.9 Å². The van der Waals surface area contributed by atoms with Gasteiger partial charge in [-0.3, -0.25) is 14.6 Å². The molecule has 3 heterocycles. The van der Waals surface area contributed by atoms with Crippen LogP contribution in [0.25, 0.3) is 0 Å². The molecule has 7 heteroatoms. The lowest BCUT2D eigenvalue weighted by Crippen LogP contribution is -2.47. The molecule has 0 N–H and O–H groups in total. The van der Waals surface area contributed by atoms with Crippen LogP contribution in [-0.4, -0.2) is 57.5 Å². The smallest absolute Gasteiger partial charge is 0.267 e. The molecule has 1 fully saturated rings. The molecule has 0 amide bonds. The van der Waals surface area contributed by atoms with E-state index in [1.54, 1.807) is 16.9 Å². The van der Waals surface area contributed by atoms with Gasteiger partial charge < -0.3 is 4.52 Å². The normalized spacial score (nSPS) is 19.0. The van der Waals surface area contributed by atoms with Crippen molar-refractivity contribution in [2.45, 2.75) is 38.8 Å². The maximum absolute atomic E-state index is 12.3. The van der Waals surface area contributed by atoms with Crippen molar-refractivity contribution in [3.63, 3.8) is 0 Å². The third-order valence-electron chi connectivity index (χ3n) is 5.24. The van der Waals surface area contributed by atoms with E-state index in [9.17, 15) is 4.79 Å². The molecule has 2 aromatic rings. The molecule has 0 aromatic carbocycles. The first-order chi connectivity index (χ1) is 12.3. The Hall–Kier alpha value is -1.99. The van der Waals surface area contributed by atoms with Crippen LogP contribution < -0.4 is 5.56 Å². The fourth-order valence-corrected chi connectivity index (χ4v) is 3.71. The number of hydrogen-bond acceptors (Lipinski definition) is 6. The number of hydrogen-bond donors (Lipinski definition) is 0. The van der Waals surface area contributed by atoms with E-state index in [2.05, 4.69) is 20.1 Å². The van der Waals surface area contributed by atoms with Gasteiger partial charge in [-0.15, -0.1) is 0 Å². The van der Waals surface area contributed by atoms with Gasteiger partial charge in [0.05, 0.1) is 25.0 Å². The van der Waals surface area contributed by atoms with Gasteiger partial charge in [0.1, 0.15) is 0 Å². The van der Waals surface area contributed by atoms with Crippen molar-refractivity contribution in [1.29, 1.82) is 0 Å². The molecule has 1 aliphatic heterocycles. The lowest BCUT2D eigenvalue weighted by molar-refractivity contribution is 0.114. The van der Waals surface area contributed by atoms with E-state index in [1.807, 2.05) is 6.07 Å². The number of aromatic nitrogens is 3. The standard InChI is InChI=1S/C18H25N5O2/c24-18-13-15-3-1-2-4-17(15)20-23(18)12-11-21-7-9-22(10-8-21)14-16-5-6-19-25-16/h5-6,13H,1-4,7-12,14H2. The van der Waals surface area contributed by atoms with Crippen LogP contribution in [0.2, 0.25) is 0 Å². The Kier molecular flexibility index (Phi) is 4.94. The Morgan fingerprint density at radius 1 is 1.04 bits per heavy atom. The molecule has 0 bridgehead atoms. The Bertz CT molecular complexity index is 747. The highest BCUT2D eigenvalue weighted by Crippen LogP contribution is 2.16. The first-order valence-corrected chi connectivity index (χ1v) is 9.22. The highest BCUT2D eigenvalue weighted by molar-refractivity contribution is 5.20. The molecule has 0 spiro atoms. The fraction of sp³-hybridized carbons (Fsp3) is 0.611. The van der Waals surface area contributed by atoms with Gasteiger partial charge in [0.25, 0.3) is 5.56 Å². The predicted molar refractivity (Wildman–Crippen MR) is 93.4 cm³/mol. The predicted octanol–water partition coefficient (Wildman–Crippen LogP) is 0.928. The number of piperazine rings is 1. The van der Waals surface area contributed by atoms with Gasteiger partial charge in [-0.2, -0.15) is 5.10 Å². The first kappa shape index (κ1) is 16.5. The van der Waals surface area contributed by atoms with Crippen LogP contribution in [0.4, 0.5) is 0 Å². The van der Waals surface area contributed by atoms with Crippen LogP contribution in [0.5, 0.6) is 0 Å². The lowest BCUT2D eigenvalue weighted by atomic mass is 9.97. The Labute approximate surface area is 147 Å². The summed E-state index contributed by atoms with van der Waals surface area (Å²) in [6, 6.07) is 3.72. The minimum atomic E-state index is 0.0459. The zero-order valence-electron chi connectivity index (χ0n) is 14.6. The zero-order chi connectivity index (χ0) is 17.1. The van der Waals surface area contributed by atoms with E-state index >= 15 is 0 Å². The quantitative estimate of drug-likeness (QED) is 0.804. The van der Waals surface area contributed by atoms with Gasteiger partial charge in [0.2, 0.25) is 0 Å². The second-order valence-corrected chi connectivity index (χ2v) is 6.98. The Morgan fingerprint density at radius 2 is 1.84 bits per heavy atom. The van der Waals surface area contributed by atoms with E-state index in [1.165, 1.54) is 12.8 Å². The third-order valence-corrected chi connectivity index (χ3v) is 5.24. The molecule has 134 valence electrons. The average molecular weight is 343 g/mol. The van der Waals surface area contributed by atoms with Gasteiger partial charge in [-0.25, -0.2) is 4.68 Å². The maximum atomic E-state index is 12.3. The molecule has 2 aromatic heterocycles. The summed E-state index contributed by atoms with van der Waals surface area (Å²) in [5.74, 6) is 0.915. The fourth-order valence-electron chi connectivity index (χ4n) is 3.71. The topological polar surface area (TPSA) is 67.4 Å². The summed E-state index contributed by atoms with van der Waals surface area (Å²) < 4.78 is 6.83. The summed E-state index contributed by atoms with van der Waals surface area (Å²) >= 11 is 0. The highest BCUT2D eigenvalue weighted by Gasteiger charge is 2.19. The molecular weight excluding hydrogens is 318 g/mol. The summed E-state index contributed by atoms with van der Waals surface area (Å²) in [6.07, 6.45) is 6.07. The molecule has 0 unspecified atom stereocenters. The van der Waals surface area contributed by atoms with Crippen LogP contribution in [0.1, 0.15) is 29.9 Å². The van der Waals surface area contributed by atoms with Crippen molar-refractivity contribution in [1.82, 2.24) is 24.7 Å². The van der Waals surface area contributed by atoms with Crippen LogP contribution >= 0.6 is 0 Å². The SMILES string of the molecule is O=c1cc2c(nn1CCN1CCN(Cc3ccno3)CC1)CCCC2. The molecule has 0 radical (unpaired) electrons. The molecule has 4 rings (SSSR count). The van der Waals surface area contributed by atoms with Gasteiger partial charge in [0.15, 0.2) is 5.76 Å². The molecule has 0 saturated carbocycles. The molecular formula is C18H25N5O2. The van der Waals surface area contributed by atoms with Gasteiger partial charge in [-0.05, 0) is 31.2 Å². The third kappa shape index (κ3) is 3.99. The summed E-state index contributed by atoms with van der Waals surface area (Å²) in [5.41, 5.74) is 2.33. The molecule has 1 saturated heterocycles. The zero-order valence-corrected chi connectivity index (χ0v) is 14.6. The van der Waals surface area contributed by atoms with Gasteiger partial charge in [-0.1, -0.05) is 5.16 Å². The Morgan fingerprint density at radius 3 is 2.64 bits per heavy atom. The second-order valence-electron chi connectivity index (χ2n) is 6.98. The molecule has 7 nitrogen and oxygen atoms in total. The van der Waals surface area contributed by atoms with Crippen LogP contribution in [0.3, 0.4) is 0 Å². The van der Waals surface area contributed by atoms with Crippen molar-refractivity contribution in [3.8, 4) is 0 Å². The minimum Gasteiger partial charge on any atom is -0.360 e. The molecule has 25 heavy (non-hydrogen) atoms. The number of rotatable bonds is 5. The second kappa shape index (κ2) is 7.49. The van der Waals surface area contributed by atoms with E-state index in [4.69, 9.17) is 4.52 Å². The molecule has 0 atom stereocenters. The van der Waals surface area contributed by atoms with Crippen LogP contribution in [0, 0.1) is 0 Å². The maximum Gasteiger partial charge on any atom is 0.267 e. The van der Waals surface area contributed by atoms with Crippen molar-refractivity contribution < 1.29 is 4.52 Å². The number of nitrogens with zero attached hydrogens (tertiary/aromatic N) is 5. The Balaban J connectivity index is 1.29. The van der Waals surface area contributed by atoms with Gasteiger partial charge >= 0.3 is 0 Å². The largest absolute Gasteiger partial charge is 0.360 e. The van der Waals surface area contributed by atoms with E-state index in [0.717, 1.165) is 69.1 Å². The molecule has 1 aliphatic carbocycles. The van der Waals surface area contributed by atoms with Crippen LogP contribution in [0.15, 0.2) is 27.6 Å². The van der Waals surface area contributed by atoms with Crippen molar-refractivity contribution >= 4 is 0 Å². The van der Waals surface area contributed by atoms with E-state index < -0.39 is 0 Å². The lowest BCUT2D eigenvalue weighted by Gasteiger charge is -2.34. The van der Waals surface area contributed by atoms with Crippen molar-refractivity contribution in [2.75, 3.05) is 32.7 Å². The van der Waals surface area contributed by atoms with Crippen LogP contribution in [-0.2, 0) is 25.9 Å². The van der Waals surface area contributed by atoms with Crippen molar-refractivity contribution in [2.24, 2.45) is 0 Å². The number of fused-ring (bicyclic) bond motifs is 1. The van der Waals surface area contributed by atoms with E-state index in [0.29, 0.717) is 6.54 Å². The summed E-state index contributed by atoms with van der Waals surface area (Å²) in [6.45, 7) is 6.40. The van der Waals surface area contributed by atoms with Crippen molar-refractivity contribution in [3.05, 3.63) is 45.7 Å². The number of aryl methyl sites for hydroxylation is 2. The highest BCUT2D eigenvalue weighted by atomic mass is 16.5. The summed E-state index contributed by atoms with van der Waals surface area (Å²) in [4.78, 5) is 17.0. The van der Waals surface area contributed by atoms with E-state index in [-0.39, 0.29) is 5.56 Å². The summed E-state index contributed by atoms with van der Waals surface area (Å²) in [7, 11) is 0. The first-order valence-electron chi connectivity index (χ1n) is 9.22. The summed E-state index contributed by atoms with van der Waals surface area (Å²) in [5, 5.41) is 8.36.